The molecule has 23 heavy (non-hydrogen) atoms. The van der Waals surface area contributed by atoms with Gasteiger partial charge in [-0.1, -0.05) is 20.8 Å². The first-order chi connectivity index (χ1) is 11.0. The monoisotopic (exact) mass is 322 g/mol. The molecule has 0 atom stereocenters. The lowest BCUT2D eigenvalue weighted by Crippen LogP contribution is -2.41. The molecule has 1 aromatic rings. The highest BCUT2D eigenvalue weighted by Crippen LogP contribution is 2.28. The number of hydrogen-bond acceptors (Lipinski definition) is 4. The van der Waals surface area contributed by atoms with Crippen LogP contribution in [0.2, 0.25) is 0 Å². The number of ether oxygens (including phenoxy) is 2. The molecule has 6 nitrogen and oxygen atoms in total. The van der Waals surface area contributed by atoms with Crippen LogP contribution in [0.3, 0.4) is 0 Å². The van der Waals surface area contributed by atoms with Crippen LogP contribution in [-0.4, -0.2) is 25.5 Å². The van der Waals surface area contributed by atoms with E-state index < -0.39 is 5.91 Å². The summed E-state index contributed by atoms with van der Waals surface area (Å²) in [7, 11) is 1.52. The van der Waals surface area contributed by atoms with Crippen LogP contribution in [0, 0.1) is 5.92 Å². The number of nitrogens with one attached hydrogen (secondary N) is 2. The van der Waals surface area contributed by atoms with E-state index in [1.165, 1.54) is 7.11 Å². The zero-order chi connectivity index (χ0) is 17.2. The summed E-state index contributed by atoms with van der Waals surface area (Å²) in [6.45, 7) is 6.73. The highest BCUT2D eigenvalue weighted by molar-refractivity contribution is 5.96. The maximum atomic E-state index is 12.0. The standard InChI is InChI=1S/C17H26N2O4/c1-5-6-16(20)18-19-17(21)13-7-8-14(15(11-13)22-4)23-10-9-12(2)3/h7-8,11-12H,5-6,9-10H2,1-4H3,(H,18,20)(H,19,21). The van der Waals surface area contributed by atoms with E-state index in [1.807, 2.05) is 6.92 Å². The Morgan fingerprint density at radius 1 is 1.17 bits per heavy atom. The van der Waals surface area contributed by atoms with Gasteiger partial charge in [0.25, 0.3) is 5.91 Å². The summed E-state index contributed by atoms with van der Waals surface area (Å²) in [5.41, 5.74) is 5.13. The number of methoxy groups -OCH3 is 1. The van der Waals surface area contributed by atoms with Crippen LogP contribution in [0.4, 0.5) is 0 Å². The third-order valence-electron chi connectivity index (χ3n) is 3.17. The van der Waals surface area contributed by atoms with Gasteiger partial charge in [-0.3, -0.25) is 20.4 Å². The summed E-state index contributed by atoms with van der Waals surface area (Å²) in [5, 5.41) is 0. The fourth-order valence-electron chi connectivity index (χ4n) is 1.82. The Morgan fingerprint density at radius 3 is 2.52 bits per heavy atom. The van der Waals surface area contributed by atoms with Gasteiger partial charge in [-0.15, -0.1) is 0 Å². The first-order valence-corrected chi connectivity index (χ1v) is 7.88. The van der Waals surface area contributed by atoms with Crippen LogP contribution in [0.25, 0.3) is 0 Å². The SMILES string of the molecule is CCCC(=O)NNC(=O)c1ccc(OCCC(C)C)c(OC)c1. The van der Waals surface area contributed by atoms with Gasteiger partial charge in [0.15, 0.2) is 11.5 Å². The molecule has 0 aromatic heterocycles. The number of hydrogen-bond donors (Lipinski definition) is 2. The zero-order valence-electron chi connectivity index (χ0n) is 14.3. The lowest BCUT2D eigenvalue weighted by Gasteiger charge is -2.13. The topological polar surface area (TPSA) is 76.7 Å². The number of carbonyl (C=O) groups excluding carboxylic acids is 2. The Labute approximate surface area is 137 Å². The van der Waals surface area contributed by atoms with Crippen molar-refractivity contribution in [2.24, 2.45) is 5.92 Å². The average Bonchev–Trinajstić information content (AvgIpc) is 2.52. The summed E-state index contributed by atoms with van der Waals surface area (Å²) in [5.74, 6) is 1.02. The number of benzene rings is 1. The fraction of sp³-hybridized carbons (Fsp3) is 0.529. The molecule has 0 saturated heterocycles. The number of rotatable bonds is 8. The fourth-order valence-corrected chi connectivity index (χ4v) is 1.82. The van der Waals surface area contributed by atoms with Gasteiger partial charge in [0, 0.05) is 12.0 Å². The summed E-state index contributed by atoms with van der Waals surface area (Å²) >= 11 is 0. The largest absolute Gasteiger partial charge is 0.493 e. The van der Waals surface area contributed by atoms with E-state index in [-0.39, 0.29) is 5.91 Å². The second kappa shape index (κ2) is 9.71. The van der Waals surface area contributed by atoms with Crippen molar-refractivity contribution in [3.8, 4) is 11.5 Å². The first kappa shape index (κ1) is 18.8. The maximum absolute atomic E-state index is 12.0. The predicted octanol–water partition coefficient (Wildman–Crippen LogP) is 2.68. The van der Waals surface area contributed by atoms with E-state index in [2.05, 4.69) is 24.7 Å². The molecule has 6 heteroatoms. The van der Waals surface area contributed by atoms with Crippen molar-refractivity contribution in [3.63, 3.8) is 0 Å². The van der Waals surface area contributed by atoms with Gasteiger partial charge in [0.2, 0.25) is 5.91 Å². The molecular weight excluding hydrogens is 296 g/mol. The molecule has 0 heterocycles. The van der Waals surface area contributed by atoms with Gasteiger partial charge in [-0.25, -0.2) is 0 Å². The molecule has 0 saturated carbocycles. The van der Waals surface area contributed by atoms with Crippen molar-refractivity contribution < 1.29 is 19.1 Å². The summed E-state index contributed by atoms with van der Waals surface area (Å²) in [6.07, 6.45) is 2.03. The normalized spacial score (nSPS) is 10.3. The third-order valence-corrected chi connectivity index (χ3v) is 3.17. The number of carbonyl (C=O) groups is 2. The third kappa shape index (κ3) is 6.59. The molecule has 2 N–H and O–H groups in total. The lowest BCUT2D eigenvalue weighted by molar-refractivity contribution is -0.121. The van der Waals surface area contributed by atoms with Gasteiger partial charge in [0.05, 0.1) is 13.7 Å². The number of hydrazine groups is 1. The second-order valence-electron chi connectivity index (χ2n) is 5.65. The molecule has 0 aliphatic heterocycles. The Balaban J connectivity index is 2.66. The smallest absolute Gasteiger partial charge is 0.269 e. The van der Waals surface area contributed by atoms with Crippen LogP contribution < -0.4 is 20.3 Å². The molecule has 2 amide bonds. The number of amides is 2. The molecule has 0 aliphatic rings. The van der Waals surface area contributed by atoms with E-state index in [0.717, 1.165) is 12.8 Å². The van der Waals surface area contributed by atoms with Gasteiger partial charge in [-0.2, -0.15) is 0 Å². The van der Waals surface area contributed by atoms with Crippen LogP contribution >= 0.6 is 0 Å². The highest BCUT2D eigenvalue weighted by atomic mass is 16.5. The van der Waals surface area contributed by atoms with Gasteiger partial charge < -0.3 is 9.47 Å². The van der Waals surface area contributed by atoms with Crippen molar-refractivity contribution >= 4 is 11.8 Å². The minimum Gasteiger partial charge on any atom is -0.493 e. The second-order valence-corrected chi connectivity index (χ2v) is 5.65. The van der Waals surface area contributed by atoms with E-state index in [1.54, 1.807) is 18.2 Å². The van der Waals surface area contributed by atoms with Crippen LogP contribution in [0.5, 0.6) is 11.5 Å². The van der Waals surface area contributed by atoms with Crippen molar-refractivity contribution in [3.05, 3.63) is 23.8 Å². The molecule has 0 bridgehead atoms. The van der Waals surface area contributed by atoms with Gasteiger partial charge >= 0.3 is 0 Å². The lowest BCUT2D eigenvalue weighted by atomic mass is 10.1. The van der Waals surface area contributed by atoms with Crippen molar-refractivity contribution in [1.29, 1.82) is 0 Å². The zero-order valence-corrected chi connectivity index (χ0v) is 14.3. The van der Waals surface area contributed by atoms with Gasteiger partial charge in [-0.05, 0) is 37.0 Å². The maximum Gasteiger partial charge on any atom is 0.269 e. The van der Waals surface area contributed by atoms with Gasteiger partial charge in [0.1, 0.15) is 0 Å². The Hall–Kier alpha value is -2.24. The molecule has 0 unspecified atom stereocenters. The average molecular weight is 322 g/mol. The Morgan fingerprint density at radius 2 is 1.91 bits per heavy atom. The molecule has 1 rings (SSSR count). The van der Waals surface area contributed by atoms with Crippen molar-refractivity contribution in [2.45, 2.75) is 40.0 Å². The summed E-state index contributed by atoms with van der Waals surface area (Å²) in [6, 6.07) is 4.92. The van der Waals surface area contributed by atoms with Crippen molar-refractivity contribution in [1.82, 2.24) is 10.9 Å². The molecule has 0 radical (unpaired) electrons. The highest BCUT2D eigenvalue weighted by Gasteiger charge is 2.12. The Kier molecular flexibility index (Phi) is 7.94. The molecule has 1 aromatic carbocycles. The predicted molar refractivity (Wildman–Crippen MR) is 88.5 cm³/mol. The van der Waals surface area contributed by atoms with E-state index in [0.29, 0.717) is 36.0 Å². The quantitative estimate of drug-likeness (QED) is 0.722. The first-order valence-electron chi connectivity index (χ1n) is 7.88. The van der Waals surface area contributed by atoms with E-state index in [9.17, 15) is 9.59 Å². The van der Waals surface area contributed by atoms with Crippen LogP contribution in [0.15, 0.2) is 18.2 Å². The minimum absolute atomic E-state index is 0.221. The molecule has 0 fully saturated rings. The van der Waals surface area contributed by atoms with E-state index in [4.69, 9.17) is 9.47 Å². The van der Waals surface area contributed by atoms with E-state index >= 15 is 0 Å². The van der Waals surface area contributed by atoms with Crippen LogP contribution in [-0.2, 0) is 4.79 Å². The van der Waals surface area contributed by atoms with Crippen molar-refractivity contribution in [2.75, 3.05) is 13.7 Å². The molecular formula is C17H26N2O4. The van der Waals surface area contributed by atoms with Crippen LogP contribution in [0.1, 0.15) is 50.4 Å². The summed E-state index contributed by atoms with van der Waals surface area (Å²) < 4.78 is 10.9. The minimum atomic E-state index is -0.401. The molecule has 0 spiro atoms. The molecule has 128 valence electrons. The summed E-state index contributed by atoms with van der Waals surface area (Å²) in [4.78, 5) is 23.4. The molecule has 0 aliphatic carbocycles. The Bertz CT molecular complexity index is 529.